The molecule has 1 fully saturated rings. The van der Waals surface area contributed by atoms with Crippen molar-refractivity contribution in [3.8, 4) is 0 Å². The molecule has 1 nitrogen and oxygen atoms in total. The third-order valence-corrected chi connectivity index (χ3v) is 2.25. The van der Waals surface area contributed by atoms with Crippen molar-refractivity contribution in [2.24, 2.45) is 5.92 Å². The van der Waals surface area contributed by atoms with Gasteiger partial charge in [-0.05, 0) is 26.3 Å². The Hall–Kier alpha value is -0.300. The average Bonchev–Trinajstić information content (AvgIpc) is 2.13. The summed E-state index contributed by atoms with van der Waals surface area (Å²) in [6.45, 7) is 7.25. The maximum atomic E-state index is 3.78. The Balaban J connectivity index is 2.43. The predicted molar refractivity (Wildman–Crippen MR) is 40.4 cm³/mol. The summed E-state index contributed by atoms with van der Waals surface area (Å²) in [5, 5.41) is 0. The Morgan fingerprint density at radius 2 is 2.33 bits per heavy atom. The zero-order chi connectivity index (χ0) is 6.85. The normalized spacial score (nSPS) is 37.1. The van der Waals surface area contributed by atoms with Gasteiger partial charge >= 0.3 is 0 Å². The van der Waals surface area contributed by atoms with Gasteiger partial charge in [0.1, 0.15) is 0 Å². The molecule has 52 valence electrons. The first-order valence-corrected chi connectivity index (χ1v) is 3.57. The van der Waals surface area contributed by atoms with Crippen molar-refractivity contribution in [3.63, 3.8) is 0 Å². The molecule has 0 spiro atoms. The fraction of sp³-hybridized carbons (Fsp3) is 0.750. The van der Waals surface area contributed by atoms with Crippen molar-refractivity contribution in [2.45, 2.75) is 19.4 Å². The van der Waals surface area contributed by atoms with Crippen LogP contribution >= 0.6 is 0 Å². The van der Waals surface area contributed by atoms with Crippen LogP contribution in [0.1, 0.15) is 13.3 Å². The summed E-state index contributed by atoms with van der Waals surface area (Å²) in [6, 6.07) is 0.757. The summed E-state index contributed by atoms with van der Waals surface area (Å²) in [5.74, 6) is 0.741. The van der Waals surface area contributed by atoms with Gasteiger partial charge in [0, 0.05) is 12.6 Å². The van der Waals surface area contributed by atoms with Crippen LogP contribution in [0.5, 0.6) is 0 Å². The minimum Gasteiger partial charge on any atom is -0.303 e. The van der Waals surface area contributed by atoms with E-state index in [0.29, 0.717) is 0 Å². The molecule has 0 bridgehead atoms. The lowest BCUT2D eigenvalue weighted by molar-refractivity contribution is 0.328. The summed E-state index contributed by atoms with van der Waals surface area (Å²) < 4.78 is 0. The van der Waals surface area contributed by atoms with E-state index < -0.39 is 0 Å². The molecule has 1 saturated heterocycles. The summed E-state index contributed by atoms with van der Waals surface area (Å²) >= 11 is 0. The third-order valence-electron chi connectivity index (χ3n) is 2.25. The molecule has 1 aliphatic rings. The van der Waals surface area contributed by atoms with Gasteiger partial charge in [0.2, 0.25) is 0 Å². The highest BCUT2D eigenvalue weighted by atomic mass is 15.1. The van der Waals surface area contributed by atoms with E-state index in [2.05, 4.69) is 31.5 Å². The van der Waals surface area contributed by atoms with Crippen molar-refractivity contribution < 1.29 is 0 Å². The van der Waals surface area contributed by atoms with E-state index in [1.807, 2.05) is 0 Å². The van der Waals surface area contributed by atoms with Crippen molar-refractivity contribution >= 4 is 0 Å². The second kappa shape index (κ2) is 2.53. The van der Waals surface area contributed by atoms with E-state index in [4.69, 9.17) is 0 Å². The third kappa shape index (κ3) is 1.33. The number of nitrogens with zero attached hydrogens (tertiary/aromatic N) is 1. The molecule has 0 saturated carbocycles. The lowest BCUT2D eigenvalue weighted by Gasteiger charge is -2.12. The molecule has 0 amide bonds. The summed E-state index contributed by atoms with van der Waals surface area (Å²) in [4.78, 5) is 2.38. The maximum Gasteiger partial charge on any atom is 0.00702 e. The first-order chi connectivity index (χ1) is 4.24. The van der Waals surface area contributed by atoms with E-state index in [-0.39, 0.29) is 0 Å². The SMILES string of the molecule is C=CC1C[C@@H](C)N(C)C1. The Kier molecular flexibility index (Phi) is 1.91. The molecule has 1 aliphatic heterocycles. The van der Waals surface area contributed by atoms with Gasteiger partial charge in [0.25, 0.3) is 0 Å². The molecule has 1 heterocycles. The number of likely N-dealkylation sites (tertiary alicyclic amines) is 1. The molecule has 0 N–H and O–H groups in total. The van der Waals surface area contributed by atoms with Crippen LogP contribution in [-0.4, -0.2) is 24.5 Å². The largest absolute Gasteiger partial charge is 0.303 e. The molecular formula is C8H15N. The molecule has 1 heteroatoms. The van der Waals surface area contributed by atoms with Gasteiger partial charge in [-0.1, -0.05) is 6.08 Å². The molecular weight excluding hydrogens is 110 g/mol. The first-order valence-electron chi connectivity index (χ1n) is 3.57. The zero-order valence-corrected chi connectivity index (χ0v) is 6.30. The minimum absolute atomic E-state index is 0.741. The second-order valence-electron chi connectivity index (χ2n) is 3.02. The van der Waals surface area contributed by atoms with Gasteiger partial charge in [-0.25, -0.2) is 0 Å². The van der Waals surface area contributed by atoms with Gasteiger partial charge in [-0.2, -0.15) is 0 Å². The monoisotopic (exact) mass is 125 g/mol. The summed E-state index contributed by atoms with van der Waals surface area (Å²) in [7, 11) is 2.17. The van der Waals surface area contributed by atoms with Crippen LogP contribution in [0, 0.1) is 5.92 Å². The van der Waals surface area contributed by atoms with Gasteiger partial charge in [0.05, 0.1) is 0 Å². The van der Waals surface area contributed by atoms with Crippen LogP contribution in [0.25, 0.3) is 0 Å². The standard InChI is InChI=1S/C8H15N/c1-4-8-5-7(2)9(3)6-8/h4,7-8H,1,5-6H2,2-3H3/t7-,8?/m1/s1. The van der Waals surface area contributed by atoms with Crippen molar-refractivity contribution in [1.29, 1.82) is 0 Å². The van der Waals surface area contributed by atoms with Crippen LogP contribution in [0.2, 0.25) is 0 Å². The Bertz CT molecular complexity index is 99.1. The molecule has 9 heavy (non-hydrogen) atoms. The van der Waals surface area contributed by atoms with E-state index in [9.17, 15) is 0 Å². The Labute approximate surface area is 57.4 Å². The average molecular weight is 125 g/mol. The Morgan fingerprint density at radius 3 is 2.56 bits per heavy atom. The lowest BCUT2D eigenvalue weighted by Crippen LogP contribution is -2.21. The highest BCUT2D eigenvalue weighted by molar-refractivity contribution is 4.90. The fourth-order valence-corrected chi connectivity index (χ4v) is 1.41. The van der Waals surface area contributed by atoms with Crippen LogP contribution in [0.15, 0.2) is 12.7 Å². The molecule has 2 atom stereocenters. The highest BCUT2D eigenvalue weighted by Gasteiger charge is 2.22. The van der Waals surface area contributed by atoms with Crippen LogP contribution in [-0.2, 0) is 0 Å². The van der Waals surface area contributed by atoms with E-state index in [0.717, 1.165) is 12.0 Å². The first kappa shape index (κ1) is 6.81. The molecule has 0 aromatic carbocycles. The topological polar surface area (TPSA) is 3.24 Å². The number of hydrogen-bond donors (Lipinski definition) is 0. The highest BCUT2D eigenvalue weighted by Crippen LogP contribution is 2.20. The summed E-state index contributed by atoms with van der Waals surface area (Å²) in [5.41, 5.74) is 0. The fourth-order valence-electron chi connectivity index (χ4n) is 1.41. The molecule has 1 rings (SSSR count). The second-order valence-corrected chi connectivity index (χ2v) is 3.02. The van der Waals surface area contributed by atoms with Crippen LogP contribution in [0.3, 0.4) is 0 Å². The van der Waals surface area contributed by atoms with E-state index in [1.54, 1.807) is 0 Å². The van der Waals surface area contributed by atoms with Crippen LogP contribution < -0.4 is 0 Å². The van der Waals surface area contributed by atoms with Gasteiger partial charge in [0.15, 0.2) is 0 Å². The van der Waals surface area contributed by atoms with Gasteiger partial charge in [-0.15, -0.1) is 6.58 Å². The Morgan fingerprint density at radius 1 is 1.67 bits per heavy atom. The summed E-state index contributed by atoms with van der Waals surface area (Å²) in [6.07, 6.45) is 3.36. The molecule has 0 aromatic heterocycles. The zero-order valence-electron chi connectivity index (χ0n) is 6.30. The lowest BCUT2D eigenvalue weighted by atomic mass is 10.1. The van der Waals surface area contributed by atoms with Crippen molar-refractivity contribution in [2.75, 3.05) is 13.6 Å². The quantitative estimate of drug-likeness (QED) is 0.480. The minimum atomic E-state index is 0.741. The molecule has 0 radical (unpaired) electrons. The van der Waals surface area contributed by atoms with E-state index >= 15 is 0 Å². The number of hydrogen-bond acceptors (Lipinski definition) is 1. The molecule has 1 unspecified atom stereocenters. The van der Waals surface area contributed by atoms with Gasteiger partial charge in [-0.3, -0.25) is 0 Å². The van der Waals surface area contributed by atoms with Gasteiger partial charge < -0.3 is 4.90 Å². The molecule has 0 aliphatic carbocycles. The van der Waals surface area contributed by atoms with E-state index in [1.165, 1.54) is 13.0 Å². The van der Waals surface area contributed by atoms with Crippen molar-refractivity contribution in [3.05, 3.63) is 12.7 Å². The smallest absolute Gasteiger partial charge is 0.00702 e. The molecule has 0 aromatic rings. The maximum absolute atomic E-state index is 3.78. The predicted octanol–water partition coefficient (Wildman–Crippen LogP) is 1.51. The van der Waals surface area contributed by atoms with Crippen LogP contribution in [0.4, 0.5) is 0 Å². The number of rotatable bonds is 1. The van der Waals surface area contributed by atoms with Crippen molar-refractivity contribution in [1.82, 2.24) is 4.90 Å².